The number of carbonyl (C=O) groups excluding carboxylic acids is 2. The third-order valence-electron chi connectivity index (χ3n) is 4.91. The maximum absolute atomic E-state index is 13.8. The van der Waals surface area contributed by atoms with E-state index in [1.54, 1.807) is 29.2 Å². The molecule has 0 saturated carbocycles. The van der Waals surface area contributed by atoms with E-state index in [2.05, 4.69) is 5.32 Å². The molecule has 154 valence electrons. The van der Waals surface area contributed by atoms with Crippen molar-refractivity contribution in [2.24, 2.45) is 0 Å². The highest BCUT2D eigenvalue weighted by Crippen LogP contribution is 2.37. The number of hydrogen-bond acceptors (Lipinski definition) is 3. The van der Waals surface area contributed by atoms with Gasteiger partial charge in [0.2, 0.25) is 0 Å². The number of anilines is 2. The molecular weight excluding hydrogens is 430 g/mol. The van der Waals surface area contributed by atoms with Crippen molar-refractivity contribution in [2.45, 2.75) is 19.3 Å². The standard InChI is InChI=1S/C22H17ClF2N2O2S/c23-19-12-17-18(30-19)6-1-2-11-27(17)22(29)13-7-9-14(10-8-13)26-21(28)15-4-3-5-16(24)20(15)25/h3-5,7-10,12H,1-2,6,11H2,(H,26,28). The van der Waals surface area contributed by atoms with E-state index in [1.165, 1.54) is 23.5 Å². The minimum atomic E-state index is -1.20. The average Bonchev–Trinajstić information content (AvgIpc) is 2.99. The van der Waals surface area contributed by atoms with Gasteiger partial charge in [0.15, 0.2) is 11.6 Å². The zero-order valence-corrected chi connectivity index (χ0v) is 17.3. The first-order chi connectivity index (χ1) is 14.4. The van der Waals surface area contributed by atoms with Gasteiger partial charge in [0.1, 0.15) is 0 Å². The Hall–Kier alpha value is -2.77. The van der Waals surface area contributed by atoms with Crippen LogP contribution in [0, 0.1) is 11.6 Å². The minimum Gasteiger partial charge on any atom is -0.322 e. The number of rotatable bonds is 3. The van der Waals surface area contributed by atoms with Crippen LogP contribution in [0.1, 0.15) is 38.4 Å². The van der Waals surface area contributed by atoms with Crippen molar-refractivity contribution in [3.8, 4) is 0 Å². The SMILES string of the molecule is O=C(Nc1ccc(C(=O)N2CCCCc3sc(Cl)cc32)cc1)c1cccc(F)c1F. The summed E-state index contributed by atoms with van der Waals surface area (Å²) >= 11 is 7.65. The molecule has 0 radical (unpaired) electrons. The van der Waals surface area contributed by atoms with Crippen LogP contribution in [-0.2, 0) is 6.42 Å². The van der Waals surface area contributed by atoms with Gasteiger partial charge in [-0.05, 0) is 61.7 Å². The Balaban J connectivity index is 1.51. The van der Waals surface area contributed by atoms with E-state index in [4.69, 9.17) is 11.6 Å². The lowest BCUT2D eigenvalue weighted by Gasteiger charge is -2.21. The number of nitrogens with zero attached hydrogens (tertiary/aromatic N) is 1. The minimum absolute atomic E-state index is 0.151. The van der Waals surface area contributed by atoms with Crippen molar-refractivity contribution >= 4 is 46.1 Å². The van der Waals surface area contributed by atoms with Gasteiger partial charge in [-0.25, -0.2) is 8.78 Å². The third-order valence-corrected chi connectivity index (χ3v) is 6.23. The van der Waals surface area contributed by atoms with Gasteiger partial charge in [-0.15, -0.1) is 11.3 Å². The first-order valence-corrected chi connectivity index (χ1v) is 10.6. The summed E-state index contributed by atoms with van der Waals surface area (Å²) in [7, 11) is 0. The van der Waals surface area contributed by atoms with Crippen molar-refractivity contribution in [3.05, 3.63) is 80.5 Å². The molecule has 1 aliphatic rings. The molecule has 4 rings (SSSR count). The van der Waals surface area contributed by atoms with Crippen LogP contribution in [-0.4, -0.2) is 18.4 Å². The molecule has 2 heterocycles. The van der Waals surface area contributed by atoms with Crippen LogP contribution in [0.4, 0.5) is 20.2 Å². The number of thiophene rings is 1. The van der Waals surface area contributed by atoms with E-state index >= 15 is 0 Å². The van der Waals surface area contributed by atoms with Gasteiger partial charge in [0, 0.05) is 22.7 Å². The van der Waals surface area contributed by atoms with Gasteiger partial charge in [-0.2, -0.15) is 0 Å². The van der Waals surface area contributed by atoms with Crippen molar-refractivity contribution < 1.29 is 18.4 Å². The van der Waals surface area contributed by atoms with Gasteiger partial charge >= 0.3 is 0 Å². The van der Waals surface area contributed by atoms with E-state index in [0.717, 1.165) is 35.9 Å². The number of amides is 2. The second-order valence-electron chi connectivity index (χ2n) is 6.91. The number of nitrogens with one attached hydrogen (secondary N) is 1. The van der Waals surface area contributed by atoms with Gasteiger partial charge < -0.3 is 10.2 Å². The highest BCUT2D eigenvalue weighted by molar-refractivity contribution is 7.16. The summed E-state index contributed by atoms with van der Waals surface area (Å²) in [6, 6.07) is 11.5. The highest BCUT2D eigenvalue weighted by Gasteiger charge is 2.24. The van der Waals surface area contributed by atoms with Crippen LogP contribution in [0.15, 0.2) is 48.5 Å². The van der Waals surface area contributed by atoms with Crippen molar-refractivity contribution in [1.82, 2.24) is 0 Å². The fraction of sp³-hybridized carbons (Fsp3) is 0.182. The summed E-state index contributed by atoms with van der Waals surface area (Å²) < 4.78 is 27.8. The largest absolute Gasteiger partial charge is 0.322 e. The molecule has 8 heteroatoms. The fourth-order valence-corrected chi connectivity index (χ4v) is 4.72. The summed E-state index contributed by atoms with van der Waals surface area (Å²) in [6.45, 7) is 0.607. The van der Waals surface area contributed by atoms with Gasteiger partial charge in [-0.1, -0.05) is 17.7 Å². The Labute approximate surface area is 181 Å². The molecule has 0 atom stereocenters. The molecule has 2 aromatic carbocycles. The summed E-state index contributed by atoms with van der Waals surface area (Å²) in [5, 5.41) is 2.51. The molecule has 0 unspecified atom stereocenters. The van der Waals surface area contributed by atoms with Crippen molar-refractivity contribution in [2.75, 3.05) is 16.8 Å². The Morgan fingerprint density at radius 2 is 1.83 bits per heavy atom. The molecule has 4 nitrogen and oxygen atoms in total. The number of benzene rings is 2. The maximum atomic E-state index is 13.8. The molecule has 1 aliphatic heterocycles. The summed E-state index contributed by atoms with van der Waals surface area (Å²) in [5.74, 6) is -3.21. The van der Waals surface area contributed by atoms with Crippen molar-refractivity contribution in [3.63, 3.8) is 0 Å². The normalized spacial score (nSPS) is 13.5. The molecule has 1 N–H and O–H groups in total. The monoisotopic (exact) mass is 446 g/mol. The molecule has 0 fully saturated rings. The Morgan fingerprint density at radius 3 is 2.60 bits per heavy atom. The predicted molar refractivity (Wildman–Crippen MR) is 115 cm³/mol. The van der Waals surface area contributed by atoms with E-state index in [-0.39, 0.29) is 11.5 Å². The summed E-state index contributed by atoms with van der Waals surface area (Å²) in [6.07, 6.45) is 2.80. The lowest BCUT2D eigenvalue weighted by atomic mass is 10.1. The fourth-order valence-electron chi connectivity index (χ4n) is 3.41. The van der Waals surface area contributed by atoms with Crippen molar-refractivity contribution in [1.29, 1.82) is 0 Å². The molecule has 3 aromatic rings. The van der Waals surface area contributed by atoms with Crippen LogP contribution >= 0.6 is 22.9 Å². The van der Waals surface area contributed by atoms with Gasteiger partial charge in [0.25, 0.3) is 11.8 Å². The first kappa shape index (κ1) is 20.5. The number of halogens is 3. The second-order valence-corrected chi connectivity index (χ2v) is 8.67. The van der Waals surface area contributed by atoms with Gasteiger partial charge in [-0.3, -0.25) is 9.59 Å². The number of hydrogen-bond donors (Lipinski definition) is 1. The molecule has 1 aromatic heterocycles. The molecule has 0 spiro atoms. The van der Waals surface area contributed by atoms with Crippen LogP contribution < -0.4 is 10.2 Å². The highest BCUT2D eigenvalue weighted by atomic mass is 35.5. The van der Waals surface area contributed by atoms with Gasteiger partial charge in [0.05, 0.1) is 15.6 Å². The number of carbonyl (C=O) groups is 2. The Kier molecular flexibility index (Phi) is 5.83. The topological polar surface area (TPSA) is 49.4 Å². The molecule has 0 saturated heterocycles. The van der Waals surface area contributed by atoms with E-state index in [0.29, 0.717) is 22.1 Å². The Morgan fingerprint density at radius 1 is 1.07 bits per heavy atom. The summed E-state index contributed by atoms with van der Waals surface area (Å²) in [4.78, 5) is 28.1. The van der Waals surface area contributed by atoms with Crippen LogP contribution in [0.2, 0.25) is 4.34 Å². The average molecular weight is 447 g/mol. The van der Waals surface area contributed by atoms with E-state index in [9.17, 15) is 18.4 Å². The Bertz CT molecular complexity index is 1110. The van der Waals surface area contributed by atoms with E-state index in [1.807, 2.05) is 6.07 Å². The zero-order chi connectivity index (χ0) is 21.3. The zero-order valence-electron chi connectivity index (χ0n) is 15.8. The smallest absolute Gasteiger partial charge is 0.258 e. The second kappa shape index (κ2) is 8.53. The molecule has 2 amide bonds. The van der Waals surface area contributed by atoms with E-state index < -0.39 is 17.5 Å². The van der Waals surface area contributed by atoms with Crippen LogP contribution in [0.3, 0.4) is 0 Å². The number of aryl methyl sites for hydroxylation is 1. The molecule has 0 aliphatic carbocycles. The maximum Gasteiger partial charge on any atom is 0.258 e. The number of fused-ring (bicyclic) bond motifs is 1. The molecule has 30 heavy (non-hydrogen) atoms. The molecule has 0 bridgehead atoms. The lowest BCUT2D eigenvalue weighted by molar-refractivity contribution is 0.0985. The first-order valence-electron chi connectivity index (χ1n) is 9.39. The van der Waals surface area contributed by atoms with Crippen LogP contribution in [0.5, 0.6) is 0 Å². The summed E-state index contributed by atoms with van der Waals surface area (Å²) in [5.41, 5.74) is 1.29. The van der Waals surface area contributed by atoms with Crippen LogP contribution in [0.25, 0.3) is 0 Å². The molecular formula is C22H17ClF2N2O2S. The quantitative estimate of drug-likeness (QED) is 0.543. The predicted octanol–water partition coefficient (Wildman–Crippen LogP) is 5.92. The lowest BCUT2D eigenvalue weighted by Crippen LogP contribution is -2.31. The third kappa shape index (κ3) is 4.08.